The Balaban J connectivity index is 1.74. The maximum atomic E-state index is 5.96. The predicted octanol–water partition coefficient (Wildman–Crippen LogP) is 2.47. The first-order valence-corrected chi connectivity index (χ1v) is 7.78. The number of hydrogen-bond acceptors (Lipinski definition) is 7. The van der Waals surface area contributed by atoms with Crippen LogP contribution in [0.2, 0.25) is 0 Å². The van der Waals surface area contributed by atoms with Crippen LogP contribution in [0.5, 0.6) is 0 Å². The number of aromatic nitrogens is 4. The van der Waals surface area contributed by atoms with Crippen molar-refractivity contribution < 1.29 is 0 Å². The van der Waals surface area contributed by atoms with E-state index >= 15 is 0 Å². The van der Waals surface area contributed by atoms with Gasteiger partial charge in [0.25, 0.3) is 0 Å². The summed E-state index contributed by atoms with van der Waals surface area (Å²) in [4.78, 5) is 4.48. The van der Waals surface area contributed by atoms with Gasteiger partial charge in [-0.25, -0.2) is 4.98 Å². The standard InChI is InChI=1S/C12H14N6S2/c1-8-7-19-12(16-8)9-10(13)17-20-11(9)14-4-6-18-5-2-3-15-18/h2-3,5,7,14H,4,6H2,1H3,(H2,13,17). The number of anilines is 2. The SMILES string of the molecule is Cc1csc(-c2c(N)nsc2NCCn2cccn2)n1. The first kappa shape index (κ1) is 13.1. The Hall–Kier alpha value is -1.93. The van der Waals surface area contributed by atoms with Crippen molar-refractivity contribution in [2.75, 3.05) is 17.6 Å². The van der Waals surface area contributed by atoms with E-state index in [0.29, 0.717) is 5.82 Å². The monoisotopic (exact) mass is 306 g/mol. The summed E-state index contributed by atoms with van der Waals surface area (Å²) in [6.07, 6.45) is 3.71. The summed E-state index contributed by atoms with van der Waals surface area (Å²) in [5.41, 5.74) is 7.87. The molecule has 0 aliphatic rings. The molecule has 0 saturated heterocycles. The highest BCUT2D eigenvalue weighted by Gasteiger charge is 2.16. The van der Waals surface area contributed by atoms with Gasteiger partial charge in [0.2, 0.25) is 0 Å². The second kappa shape index (κ2) is 5.59. The Morgan fingerprint density at radius 2 is 2.35 bits per heavy atom. The predicted molar refractivity (Wildman–Crippen MR) is 83.1 cm³/mol. The molecule has 0 aliphatic carbocycles. The van der Waals surface area contributed by atoms with Gasteiger partial charge in [-0.3, -0.25) is 4.68 Å². The fourth-order valence-electron chi connectivity index (χ4n) is 1.82. The molecule has 0 fully saturated rings. The molecule has 0 bridgehead atoms. The van der Waals surface area contributed by atoms with Crippen molar-refractivity contribution in [2.24, 2.45) is 0 Å². The number of nitrogens with two attached hydrogens (primary N) is 1. The number of nitrogens with zero attached hydrogens (tertiary/aromatic N) is 4. The van der Waals surface area contributed by atoms with Crippen LogP contribution in [0.25, 0.3) is 10.6 Å². The van der Waals surface area contributed by atoms with Gasteiger partial charge in [0.1, 0.15) is 15.8 Å². The molecule has 3 rings (SSSR count). The minimum atomic E-state index is 0.533. The zero-order valence-electron chi connectivity index (χ0n) is 10.9. The highest BCUT2D eigenvalue weighted by atomic mass is 32.1. The smallest absolute Gasteiger partial charge is 0.149 e. The first-order valence-electron chi connectivity index (χ1n) is 6.13. The second-order valence-electron chi connectivity index (χ2n) is 4.26. The van der Waals surface area contributed by atoms with E-state index in [1.54, 1.807) is 17.5 Å². The van der Waals surface area contributed by atoms with Crippen LogP contribution in [0.4, 0.5) is 10.8 Å². The minimum absolute atomic E-state index is 0.533. The van der Waals surface area contributed by atoms with Crippen molar-refractivity contribution in [3.63, 3.8) is 0 Å². The Labute approximate surface area is 124 Å². The lowest BCUT2D eigenvalue weighted by Gasteiger charge is -2.05. The number of hydrogen-bond donors (Lipinski definition) is 2. The van der Waals surface area contributed by atoms with E-state index in [2.05, 4.69) is 19.8 Å². The first-order chi connectivity index (χ1) is 9.74. The quantitative estimate of drug-likeness (QED) is 0.756. The molecule has 0 aliphatic heterocycles. The van der Waals surface area contributed by atoms with Crippen LogP contribution in [0, 0.1) is 6.92 Å². The zero-order valence-corrected chi connectivity index (χ0v) is 12.5. The van der Waals surface area contributed by atoms with Gasteiger partial charge in [0.05, 0.1) is 12.1 Å². The molecule has 3 aromatic rings. The van der Waals surface area contributed by atoms with Crippen molar-refractivity contribution >= 4 is 33.7 Å². The van der Waals surface area contributed by atoms with E-state index in [0.717, 1.165) is 34.4 Å². The number of thiazole rings is 1. The summed E-state index contributed by atoms with van der Waals surface area (Å²) in [5, 5.41) is 11.4. The molecular weight excluding hydrogens is 292 g/mol. The molecule has 3 N–H and O–H groups in total. The van der Waals surface area contributed by atoms with E-state index in [1.165, 1.54) is 11.5 Å². The Morgan fingerprint density at radius 1 is 1.45 bits per heavy atom. The van der Waals surface area contributed by atoms with Crippen LogP contribution in [0.15, 0.2) is 23.8 Å². The summed E-state index contributed by atoms with van der Waals surface area (Å²) in [5.74, 6) is 0.533. The highest BCUT2D eigenvalue weighted by Crippen LogP contribution is 2.38. The molecule has 0 aromatic carbocycles. The van der Waals surface area contributed by atoms with Crippen LogP contribution in [0.1, 0.15) is 5.69 Å². The third-order valence-corrected chi connectivity index (χ3v) is 4.53. The summed E-state index contributed by atoms with van der Waals surface area (Å²) >= 11 is 2.95. The van der Waals surface area contributed by atoms with Gasteiger partial charge in [-0.1, -0.05) is 0 Å². The van der Waals surface area contributed by atoms with E-state index in [1.807, 2.05) is 29.2 Å². The average molecular weight is 306 g/mol. The van der Waals surface area contributed by atoms with Crippen molar-refractivity contribution in [1.82, 2.24) is 19.1 Å². The van der Waals surface area contributed by atoms with Gasteiger partial charge in [-0.2, -0.15) is 9.47 Å². The number of aryl methyl sites for hydroxylation is 1. The molecule has 0 saturated carbocycles. The molecule has 0 amide bonds. The summed E-state index contributed by atoms with van der Waals surface area (Å²) in [6.45, 7) is 3.53. The third kappa shape index (κ3) is 2.66. The average Bonchev–Trinajstić information content (AvgIpc) is 3.12. The number of rotatable bonds is 5. The molecule has 6 nitrogen and oxygen atoms in total. The summed E-state index contributed by atoms with van der Waals surface area (Å²) in [7, 11) is 0. The highest BCUT2D eigenvalue weighted by molar-refractivity contribution is 7.15. The fraction of sp³-hybridized carbons (Fsp3) is 0.250. The lowest BCUT2D eigenvalue weighted by atomic mass is 10.3. The maximum Gasteiger partial charge on any atom is 0.149 e. The van der Waals surface area contributed by atoms with Gasteiger partial charge in [0, 0.05) is 30.0 Å². The van der Waals surface area contributed by atoms with E-state index in [-0.39, 0.29) is 0 Å². The molecule has 0 spiro atoms. The summed E-state index contributed by atoms with van der Waals surface area (Å²) < 4.78 is 6.10. The van der Waals surface area contributed by atoms with Crippen LogP contribution in [0.3, 0.4) is 0 Å². The largest absolute Gasteiger partial charge is 0.382 e. The van der Waals surface area contributed by atoms with Crippen molar-refractivity contribution in [3.05, 3.63) is 29.5 Å². The van der Waals surface area contributed by atoms with Gasteiger partial charge in [-0.05, 0) is 24.5 Å². The topological polar surface area (TPSA) is 81.6 Å². The van der Waals surface area contributed by atoms with Gasteiger partial charge < -0.3 is 11.1 Å². The third-order valence-electron chi connectivity index (χ3n) is 2.74. The summed E-state index contributed by atoms with van der Waals surface area (Å²) in [6, 6.07) is 1.91. The lowest BCUT2D eigenvalue weighted by Crippen LogP contribution is -2.10. The van der Waals surface area contributed by atoms with Crippen molar-refractivity contribution in [3.8, 4) is 10.6 Å². The second-order valence-corrected chi connectivity index (χ2v) is 5.89. The van der Waals surface area contributed by atoms with Crippen LogP contribution in [-0.2, 0) is 6.54 Å². The van der Waals surface area contributed by atoms with E-state index in [4.69, 9.17) is 5.73 Å². The van der Waals surface area contributed by atoms with Crippen molar-refractivity contribution in [2.45, 2.75) is 13.5 Å². The molecule has 104 valence electrons. The molecular formula is C12H14N6S2. The van der Waals surface area contributed by atoms with Crippen LogP contribution in [-0.4, -0.2) is 25.7 Å². The van der Waals surface area contributed by atoms with Crippen molar-refractivity contribution in [1.29, 1.82) is 0 Å². The molecule has 0 unspecified atom stereocenters. The molecule has 3 heterocycles. The normalized spacial score (nSPS) is 10.8. The Bertz CT molecular complexity index is 685. The Kier molecular flexibility index (Phi) is 3.66. The molecule has 20 heavy (non-hydrogen) atoms. The maximum absolute atomic E-state index is 5.96. The van der Waals surface area contributed by atoms with Gasteiger partial charge in [-0.15, -0.1) is 11.3 Å². The molecule has 3 aromatic heterocycles. The van der Waals surface area contributed by atoms with Gasteiger partial charge in [0.15, 0.2) is 0 Å². The lowest BCUT2D eigenvalue weighted by molar-refractivity contribution is 0.638. The van der Waals surface area contributed by atoms with E-state index < -0.39 is 0 Å². The molecule has 0 atom stereocenters. The molecule has 0 radical (unpaired) electrons. The van der Waals surface area contributed by atoms with Crippen LogP contribution < -0.4 is 11.1 Å². The zero-order chi connectivity index (χ0) is 13.9. The Morgan fingerprint density at radius 3 is 3.05 bits per heavy atom. The van der Waals surface area contributed by atoms with Gasteiger partial charge >= 0.3 is 0 Å². The minimum Gasteiger partial charge on any atom is -0.382 e. The number of nitrogens with one attached hydrogen (secondary N) is 1. The number of nitrogen functional groups attached to an aromatic ring is 1. The fourth-order valence-corrected chi connectivity index (χ4v) is 3.48. The van der Waals surface area contributed by atoms with Crippen LogP contribution >= 0.6 is 22.9 Å². The molecule has 8 heteroatoms. The van der Waals surface area contributed by atoms with E-state index in [9.17, 15) is 0 Å².